The number of rotatable bonds is 4. The van der Waals surface area contributed by atoms with Gasteiger partial charge in [-0.1, -0.05) is 18.2 Å². The van der Waals surface area contributed by atoms with Crippen molar-refractivity contribution in [3.05, 3.63) is 70.9 Å². The van der Waals surface area contributed by atoms with E-state index >= 15 is 0 Å². The van der Waals surface area contributed by atoms with Crippen LogP contribution in [0.15, 0.2) is 59.5 Å². The zero-order chi connectivity index (χ0) is 14.7. The van der Waals surface area contributed by atoms with Crippen molar-refractivity contribution in [3.63, 3.8) is 0 Å². The van der Waals surface area contributed by atoms with Gasteiger partial charge in [0.05, 0.1) is 18.1 Å². The van der Waals surface area contributed by atoms with Crippen molar-refractivity contribution in [1.82, 2.24) is 9.78 Å². The molecule has 3 rings (SSSR count). The second kappa shape index (κ2) is 5.75. The Morgan fingerprint density at radius 2 is 1.86 bits per heavy atom. The molecule has 0 bridgehead atoms. The average molecular weight is 284 g/mol. The summed E-state index contributed by atoms with van der Waals surface area (Å²) in [5, 5.41) is 5.57. The highest BCUT2D eigenvalue weighted by Gasteiger charge is 2.03. The number of fused-ring (bicyclic) bond motifs is 1. The Morgan fingerprint density at radius 3 is 2.67 bits per heavy atom. The lowest BCUT2D eigenvalue weighted by Gasteiger charge is -2.08. The normalized spacial score (nSPS) is 10.7. The van der Waals surface area contributed by atoms with Gasteiger partial charge in [0, 0.05) is 5.39 Å². The Hall–Kier alpha value is -2.69. The molecule has 5 heteroatoms. The molecule has 1 aromatic heterocycles. The maximum Gasteiger partial charge on any atom is 0.274 e. The summed E-state index contributed by atoms with van der Waals surface area (Å²) < 4.78 is 19.6. The van der Waals surface area contributed by atoms with Gasteiger partial charge >= 0.3 is 0 Å². The molecule has 0 aliphatic heterocycles. The van der Waals surface area contributed by atoms with Crippen molar-refractivity contribution in [3.8, 4) is 5.75 Å². The quantitative estimate of drug-likeness (QED) is 0.739. The van der Waals surface area contributed by atoms with E-state index in [1.165, 1.54) is 16.8 Å². The van der Waals surface area contributed by atoms with E-state index in [0.717, 1.165) is 5.39 Å². The largest absolute Gasteiger partial charge is 0.492 e. The molecule has 0 radical (unpaired) electrons. The van der Waals surface area contributed by atoms with Crippen LogP contribution in [-0.2, 0) is 6.54 Å². The monoisotopic (exact) mass is 284 g/mol. The molecule has 0 spiro atoms. The second-order valence-electron chi connectivity index (χ2n) is 4.56. The lowest BCUT2D eigenvalue weighted by Crippen LogP contribution is -2.25. The van der Waals surface area contributed by atoms with Gasteiger partial charge in [0.1, 0.15) is 18.2 Å². The first-order valence-corrected chi connectivity index (χ1v) is 6.57. The number of aromatic nitrogens is 2. The van der Waals surface area contributed by atoms with Crippen LogP contribution in [0.5, 0.6) is 5.75 Å². The van der Waals surface area contributed by atoms with Gasteiger partial charge in [-0.15, -0.1) is 0 Å². The van der Waals surface area contributed by atoms with Crippen LogP contribution in [0.25, 0.3) is 10.8 Å². The van der Waals surface area contributed by atoms with E-state index in [9.17, 15) is 9.18 Å². The molecule has 0 N–H and O–H groups in total. The van der Waals surface area contributed by atoms with E-state index < -0.39 is 0 Å². The molecular formula is C16H13FN2O2. The van der Waals surface area contributed by atoms with Crippen LogP contribution >= 0.6 is 0 Å². The predicted molar refractivity (Wildman–Crippen MR) is 77.9 cm³/mol. The summed E-state index contributed by atoms with van der Waals surface area (Å²) in [7, 11) is 0. The van der Waals surface area contributed by atoms with Gasteiger partial charge in [-0.25, -0.2) is 9.07 Å². The van der Waals surface area contributed by atoms with E-state index in [1.807, 2.05) is 18.2 Å². The molecule has 0 saturated carbocycles. The molecule has 0 saturated heterocycles. The minimum absolute atomic E-state index is 0.143. The maximum atomic E-state index is 12.8. The molecule has 0 aliphatic rings. The van der Waals surface area contributed by atoms with E-state index in [1.54, 1.807) is 24.4 Å². The van der Waals surface area contributed by atoms with E-state index in [4.69, 9.17) is 4.74 Å². The Morgan fingerprint density at radius 1 is 1.10 bits per heavy atom. The molecule has 21 heavy (non-hydrogen) atoms. The highest BCUT2D eigenvalue weighted by atomic mass is 19.1. The van der Waals surface area contributed by atoms with Crippen molar-refractivity contribution in [2.24, 2.45) is 0 Å². The topological polar surface area (TPSA) is 44.1 Å². The van der Waals surface area contributed by atoms with Crippen LogP contribution in [0, 0.1) is 5.82 Å². The SMILES string of the molecule is O=c1c2ccccc2cnn1CCOc1ccc(F)cc1. The number of ether oxygens (including phenoxy) is 1. The van der Waals surface area contributed by atoms with E-state index in [2.05, 4.69) is 5.10 Å². The summed E-state index contributed by atoms with van der Waals surface area (Å²) in [6, 6.07) is 13.1. The molecule has 0 unspecified atom stereocenters. The van der Waals surface area contributed by atoms with E-state index in [-0.39, 0.29) is 18.0 Å². The van der Waals surface area contributed by atoms with Crippen molar-refractivity contribution >= 4 is 10.8 Å². The fourth-order valence-electron chi connectivity index (χ4n) is 2.07. The Bertz CT molecular complexity index is 812. The smallest absolute Gasteiger partial charge is 0.274 e. The van der Waals surface area contributed by atoms with Gasteiger partial charge in [-0.3, -0.25) is 4.79 Å². The van der Waals surface area contributed by atoms with Crippen molar-refractivity contribution in [2.75, 3.05) is 6.61 Å². The van der Waals surface area contributed by atoms with Crippen molar-refractivity contribution in [2.45, 2.75) is 6.54 Å². The maximum absolute atomic E-state index is 12.8. The minimum atomic E-state index is -0.310. The third-order valence-corrected chi connectivity index (χ3v) is 3.15. The Kier molecular flexibility index (Phi) is 3.64. The number of halogens is 1. The molecule has 1 heterocycles. The molecule has 3 aromatic rings. The predicted octanol–water partition coefficient (Wildman–Crippen LogP) is 2.61. The zero-order valence-corrected chi connectivity index (χ0v) is 11.2. The average Bonchev–Trinajstić information content (AvgIpc) is 2.52. The van der Waals surface area contributed by atoms with Crippen LogP contribution in [-0.4, -0.2) is 16.4 Å². The van der Waals surface area contributed by atoms with Gasteiger partial charge < -0.3 is 4.74 Å². The summed E-state index contributed by atoms with van der Waals surface area (Å²) >= 11 is 0. The van der Waals surface area contributed by atoms with Crippen LogP contribution in [0.3, 0.4) is 0 Å². The second-order valence-corrected chi connectivity index (χ2v) is 4.56. The number of nitrogens with zero attached hydrogens (tertiary/aromatic N) is 2. The minimum Gasteiger partial charge on any atom is -0.492 e. The summed E-state index contributed by atoms with van der Waals surface area (Å²) in [6.07, 6.45) is 1.66. The van der Waals surface area contributed by atoms with Gasteiger partial charge in [0.25, 0.3) is 5.56 Å². The number of hydrogen-bond donors (Lipinski definition) is 0. The summed E-state index contributed by atoms with van der Waals surface area (Å²) in [6.45, 7) is 0.623. The van der Waals surface area contributed by atoms with Crippen molar-refractivity contribution < 1.29 is 9.13 Å². The fraction of sp³-hybridized carbons (Fsp3) is 0.125. The molecule has 4 nitrogen and oxygen atoms in total. The fourth-order valence-corrected chi connectivity index (χ4v) is 2.07. The van der Waals surface area contributed by atoms with Crippen LogP contribution in [0.2, 0.25) is 0 Å². The van der Waals surface area contributed by atoms with Gasteiger partial charge in [0.15, 0.2) is 0 Å². The van der Waals surface area contributed by atoms with Crippen molar-refractivity contribution in [1.29, 1.82) is 0 Å². The third kappa shape index (κ3) is 2.91. The Labute approximate surface area is 120 Å². The molecule has 0 atom stereocenters. The molecule has 0 amide bonds. The highest BCUT2D eigenvalue weighted by Crippen LogP contribution is 2.11. The summed E-state index contributed by atoms with van der Waals surface area (Å²) in [5.74, 6) is 0.250. The van der Waals surface area contributed by atoms with Gasteiger partial charge in [-0.05, 0) is 30.3 Å². The molecular weight excluding hydrogens is 271 g/mol. The third-order valence-electron chi connectivity index (χ3n) is 3.15. The standard InChI is InChI=1S/C16H13FN2O2/c17-13-5-7-14(8-6-13)21-10-9-19-16(20)15-4-2-1-3-12(15)11-18-19/h1-8,11H,9-10H2. The van der Waals surface area contributed by atoms with E-state index in [0.29, 0.717) is 17.7 Å². The number of hydrogen-bond acceptors (Lipinski definition) is 3. The van der Waals surface area contributed by atoms with Crippen LogP contribution < -0.4 is 10.3 Å². The number of benzene rings is 2. The molecule has 0 fully saturated rings. The molecule has 2 aromatic carbocycles. The Balaban J connectivity index is 1.72. The summed E-state index contributed by atoms with van der Waals surface area (Å²) in [4.78, 5) is 12.2. The lowest BCUT2D eigenvalue weighted by atomic mass is 10.2. The first-order chi connectivity index (χ1) is 10.2. The van der Waals surface area contributed by atoms with Crippen LogP contribution in [0.1, 0.15) is 0 Å². The molecule has 106 valence electrons. The first-order valence-electron chi connectivity index (χ1n) is 6.57. The van der Waals surface area contributed by atoms with Gasteiger partial charge in [0.2, 0.25) is 0 Å². The lowest BCUT2D eigenvalue weighted by molar-refractivity contribution is 0.288. The van der Waals surface area contributed by atoms with Crippen LogP contribution in [0.4, 0.5) is 4.39 Å². The summed E-state index contributed by atoms with van der Waals surface area (Å²) in [5.41, 5.74) is -0.143. The first kappa shape index (κ1) is 13.3. The molecule has 0 aliphatic carbocycles. The van der Waals surface area contributed by atoms with Gasteiger partial charge in [-0.2, -0.15) is 5.10 Å². The highest BCUT2D eigenvalue weighted by molar-refractivity contribution is 5.80. The zero-order valence-electron chi connectivity index (χ0n) is 11.2.